The predicted molar refractivity (Wildman–Crippen MR) is 80.0 cm³/mol. The molecule has 0 radical (unpaired) electrons. The van der Waals surface area contributed by atoms with Gasteiger partial charge in [0.2, 0.25) is 5.91 Å². The lowest BCUT2D eigenvalue weighted by atomic mass is 9.96. The van der Waals surface area contributed by atoms with Crippen molar-refractivity contribution >= 4 is 17.8 Å². The summed E-state index contributed by atoms with van der Waals surface area (Å²) < 4.78 is 5.10. The van der Waals surface area contributed by atoms with Crippen LogP contribution in [-0.2, 0) is 24.5 Å². The molecule has 6 nitrogen and oxygen atoms in total. The van der Waals surface area contributed by atoms with Crippen molar-refractivity contribution in [1.82, 2.24) is 10.6 Å². The van der Waals surface area contributed by atoms with Gasteiger partial charge in [0.05, 0.1) is 12.0 Å². The zero-order valence-corrected chi connectivity index (χ0v) is 12.6. The number of carbonyl (C=O) groups excluding carboxylic acids is 3. The molecule has 2 amide bonds. The van der Waals surface area contributed by atoms with E-state index in [0.29, 0.717) is 6.54 Å². The van der Waals surface area contributed by atoms with Gasteiger partial charge in [-0.15, -0.1) is 0 Å². The number of nitrogens with one attached hydrogen (secondary N) is 2. The predicted octanol–water partition coefficient (Wildman–Crippen LogP) is 0.514. The molecule has 1 aliphatic carbocycles. The molecule has 1 aromatic rings. The fourth-order valence-electron chi connectivity index (χ4n) is 2.25. The lowest BCUT2D eigenvalue weighted by Gasteiger charge is -2.14. The maximum absolute atomic E-state index is 12.2. The van der Waals surface area contributed by atoms with Crippen molar-refractivity contribution in [3.8, 4) is 0 Å². The number of hydrogen-bond donors (Lipinski definition) is 2. The molecule has 118 valence electrons. The Morgan fingerprint density at radius 2 is 1.77 bits per heavy atom. The van der Waals surface area contributed by atoms with Gasteiger partial charge in [-0.1, -0.05) is 30.3 Å². The minimum absolute atomic E-state index is 0.117. The summed E-state index contributed by atoms with van der Waals surface area (Å²) in [4.78, 5) is 35.0. The van der Waals surface area contributed by atoms with E-state index in [1.165, 1.54) is 0 Å². The zero-order chi connectivity index (χ0) is 16.0. The van der Waals surface area contributed by atoms with Gasteiger partial charge in [0.25, 0.3) is 5.91 Å². The smallest absolute Gasteiger partial charge is 0.317 e. The maximum Gasteiger partial charge on any atom is 0.317 e. The number of esters is 1. The number of rotatable bonds is 7. The maximum atomic E-state index is 12.2. The lowest BCUT2D eigenvalue weighted by Crippen LogP contribution is -2.39. The Balaban J connectivity index is 1.78. The van der Waals surface area contributed by atoms with Crippen LogP contribution in [0.25, 0.3) is 0 Å². The van der Waals surface area contributed by atoms with Crippen LogP contribution in [0.3, 0.4) is 0 Å². The molecular formula is C16H20N2O4. The van der Waals surface area contributed by atoms with Gasteiger partial charge in [-0.05, 0) is 25.3 Å². The molecule has 1 saturated carbocycles. The highest BCUT2D eigenvalue weighted by Gasteiger charge is 2.52. The molecule has 0 aromatic heterocycles. The van der Waals surface area contributed by atoms with E-state index in [-0.39, 0.29) is 25.0 Å². The van der Waals surface area contributed by atoms with E-state index in [1.54, 1.807) is 6.92 Å². The van der Waals surface area contributed by atoms with Crippen LogP contribution in [0.1, 0.15) is 25.3 Å². The van der Waals surface area contributed by atoms with Crippen molar-refractivity contribution in [2.24, 2.45) is 0 Å². The molecule has 0 heterocycles. The van der Waals surface area contributed by atoms with E-state index >= 15 is 0 Å². The van der Waals surface area contributed by atoms with E-state index in [9.17, 15) is 14.4 Å². The second-order valence-electron chi connectivity index (χ2n) is 5.25. The molecule has 0 bridgehead atoms. The Morgan fingerprint density at radius 1 is 1.09 bits per heavy atom. The first-order valence-electron chi connectivity index (χ1n) is 7.34. The minimum atomic E-state index is -0.596. The Hall–Kier alpha value is -2.37. The summed E-state index contributed by atoms with van der Waals surface area (Å²) in [5, 5.41) is 4.97. The van der Waals surface area contributed by atoms with Crippen molar-refractivity contribution in [3.63, 3.8) is 0 Å². The van der Waals surface area contributed by atoms with Crippen molar-refractivity contribution in [3.05, 3.63) is 35.9 Å². The number of amides is 2. The molecule has 2 rings (SSSR count). The fraction of sp³-hybridized carbons (Fsp3) is 0.438. The molecule has 0 spiro atoms. The van der Waals surface area contributed by atoms with Crippen molar-refractivity contribution in [2.75, 3.05) is 19.7 Å². The summed E-state index contributed by atoms with van der Waals surface area (Å²) in [6.45, 7) is 1.81. The highest BCUT2D eigenvalue weighted by molar-refractivity contribution is 5.90. The average Bonchev–Trinajstić information content (AvgIpc) is 3.33. The first-order valence-corrected chi connectivity index (χ1v) is 7.34. The van der Waals surface area contributed by atoms with Crippen molar-refractivity contribution in [2.45, 2.75) is 25.2 Å². The largest absolute Gasteiger partial charge is 0.455 e. The molecule has 0 saturated heterocycles. The Bertz CT molecular complexity index is 553. The minimum Gasteiger partial charge on any atom is -0.455 e. The third-order valence-corrected chi connectivity index (χ3v) is 3.62. The Labute approximate surface area is 129 Å². The number of ether oxygens (including phenoxy) is 1. The number of benzene rings is 1. The van der Waals surface area contributed by atoms with Crippen LogP contribution in [0.15, 0.2) is 30.3 Å². The van der Waals surface area contributed by atoms with Gasteiger partial charge >= 0.3 is 5.97 Å². The van der Waals surface area contributed by atoms with Crippen LogP contribution >= 0.6 is 0 Å². The van der Waals surface area contributed by atoms with E-state index in [1.807, 2.05) is 30.3 Å². The summed E-state index contributed by atoms with van der Waals surface area (Å²) in [7, 11) is 0. The number of likely N-dealkylation sites (N-methyl/N-ethyl adjacent to an activating group) is 1. The molecular weight excluding hydrogens is 284 g/mol. The molecule has 6 heteroatoms. The molecule has 1 aliphatic rings. The molecule has 1 aromatic carbocycles. The summed E-state index contributed by atoms with van der Waals surface area (Å²) in [5.41, 5.74) is 0.323. The molecule has 22 heavy (non-hydrogen) atoms. The molecule has 1 fully saturated rings. The standard InChI is InChI=1S/C16H20N2O4/c1-2-17-13(19)10-18-14(20)11-22-15(21)16(8-9-16)12-6-4-3-5-7-12/h3-7H,2,8-11H2,1H3,(H,17,19)(H,18,20). The third-order valence-electron chi connectivity index (χ3n) is 3.62. The van der Waals surface area contributed by atoms with Gasteiger partial charge in [0.15, 0.2) is 6.61 Å². The monoisotopic (exact) mass is 304 g/mol. The highest BCUT2D eigenvalue weighted by Crippen LogP contribution is 2.49. The van der Waals surface area contributed by atoms with Crippen molar-refractivity contribution < 1.29 is 19.1 Å². The van der Waals surface area contributed by atoms with Crippen LogP contribution in [0.5, 0.6) is 0 Å². The normalized spacial score (nSPS) is 14.8. The summed E-state index contributed by atoms with van der Waals surface area (Å²) in [5.74, 6) is -1.14. The summed E-state index contributed by atoms with van der Waals surface area (Å²) >= 11 is 0. The topological polar surface area (TPSA) is 84.5 Å². The van der Waals surface area contributed by atoms with Crippen LogP contribution in [0, 0.1) is 0 Å². The van der Waals surface area contributed by atoms with Gasteiger partial charge in [-0.2, -0.15) is 0 Å². The molecule has 0 unspecified atom stereocenters. The average molecular weight is 304 g/mol. The van der Waals surface area contributed by atoms with Gasteiger partial charge in [0.1, 0.15) is 0 Å². The third kappa shape index (κ3) is 3.84. The van der Waals surface area contributed by atoms with Crippen LogP contribution in [0.4, 0.5) is 0 Å². The second-order valence-corrected chi connectivity index (χ2v) is 5.25. The fourth-order valence-corrected chi connectivity index (χ4v) is 2.25. The second kappa shape index (κ2) is 7.06. The van der Waals surface area contributed by atoms with Gasteiger partial charge in [0, 0.05) is 6.54 Å². The van der Waals surface area contributed by atoms with Crippen LogP contribution in [0.2, 0.25) is 0 Å². The van der Waals surface area contributed by atoms with E-state index in [4.69, 9.17) is 4.74 Å². The summed E-state index contributed by atoms with van der Waals surface area (Å²) in [6.07, 6.45) is 1.47. The van der Waals surface area contributed by atoms with Gasteiger partial charge < -0.3 is 15.4 Å². The first-order chi connectivity index (χ1) is 10.6. The zero-order valence-electron chi connectivity index (χ0n) is 12.6. The number of hydrogen-bond acceptors (Lipinski definition) is 4. The van der Waals surface area contributed by atoms with Crippen molar-refractivity contribution in [1.29, 1.82) is 0 Å². The molecule has 0 aliphatic heterocycles. The van der Waals surface area contributed by atoms with Crippen LogP contribution in [-0.4, -0.2) is 37.5 Å². The van der Waals surface area contributed by atoms with E-state index < -0.39 is 11.3 Å². The first kappa shape index (κ1) is 16.0. The van der Waals surface area contributed by atoms with Gasteiger partial charge in [-0.3, -0.25) is 14.4 Å². The molecule has 2 N–H and O–H groups in total. The SMILES string of the molecule is CCNC(=O)CNC(=O)COC(=O)C1(c2ccccc2)CC1. The Kier molecular flexibility index (Phi) is 5.14. The summed E-state index contributed by atoms with van der Waals surface area (Å²) in [6, 6.07) is 9.43. The van der Waals surface area contributed by atoms with E-state index in [0.717, 1.165) is 18.4 Å². The quantitative estimate of drug-likeness (QED) is 0.719. The van der Waals surface area contributed by atoms with Crippen LogP contribution < -0.4 is 10.6 Å². The number of carbonyl (C=O) groups is 3. The lowest BCUT2D eigenvalue weighted by molar-refractivity contribution is -0.151. The van der Waals surface area contributed by atoms with E-state index in [2.05, 4.69) is 10.6 Å². The Morgan fingerprint density at radius 3 is 2.36 bits per heavy atom. The highest BCUT2D eigenvalue weighted by atomic mass is 16.5. The molecule has 0 atom stereocenters. The van der Waals surface area contributed by atoms with Gasteiger partial charge in [-0.25, -0.2) is 0 Å².